The number of aromatic amines is 1. The van der Waals surface area contributed by atoms with Gasteiger partial charge in [-0.3, -0.25) is 14.3 Å². The molecule has 9 heteroatoms. The molecule has 3 saturated heterocycles. The van der Waals surface area contributed by atoms with Gasteiger partial charge in [0.05, 0.1) is 13.2 Å². The molecule has 0 aromatic carbocycles. The summed E-state index contributed by atoms with van der Waals surface area (Å²) < 4.78 is 17.7. The molecule has 22 heavy (non-hydrogen) atoms. The minimum atomic E-state index is -1.41. The van der Waals surface area contributed by atoms with E-state index in [-0.39, 0.29) is 13.2 Å². The number of nitrogens with zero attached hydrogens (tertiary/aromatic N) is 1. The predicted octanol–water partition coefficient (Wildman–Crippen LogP) is -2.37. The van der Waals surface area contributed by atoms with E-state index in [1.165, 1.54) is 10.8 Å². The summed E-state index contributed by atoms with van der Waals surface area (Å²) in [6, 6.07) is 0. The lowest BCUT2D eigenvalue weighted by molar-refractivity contribution is -0.294. The highest BCUT2D eigenvalue weighted by Crippen LogP contribution is 2.51. The summed E-state index contributed by atoms with van der Waals surface area (Å²) >= 11 is 0. The van der Waals surface area contributed by atoms with Gasteiger partial charge in [0.1, 0.15) is 24.4 Å². The monoisotopic (exact) mass is 312 g/mol. The van der Waals surface area contributed by atoms with E-state index < -0.39 is 47.5 Å². The molecule has 120 valence electrons. The molecule has 0 saturated carbocycles. The number of aliphatic hydroxyl groups is 2. The second kappa shape index (κ2) is 4.49. The maximum atomic E-state index is 12.0. The minimum Gasteiger partial charge on any atom is -0.388 e. The van der Waals surface area contributed by atoms with E-state index in [9.17, 15) is 19.8 Å². The van der Waals surface area contributed by atoms with Crippen molar-refractivity contribution in [3.05, 3.63) is 32.6 Å². The van der Waals surface area contributed by atoms with Gasteiger partial charge in [-0.25, -0.2) is 4.79 Å². The normalized spacial score (nSPS) is 43.3. The van der Waals surface area contributed by atoms with Crippen LogP contribution >= 0.6 is 0 Å². The zero-order chi connectivity index (χ0) is 15.6. The molecule has 0 bridgehead atoms. The van der Waals surface area contributed by atoms with E-state index in [0.717, 1.165) is 0 Å². The SMILES string of the molecule is Cc1cn([C@@H]2O[C@@H]3[C@H](O)COC[C@H]4O[C@H]2[C@]34O)c(=O)[nH]c1=O. The number of hydrogen-bond donors (Lipinski definition) is 3. The molecule has 1 aromatic rings. The van der Waals surface area contributed by atoms with Gasteiger partial charge >= 0.3 is 5.69 Å². The molecule has 4 heterocycles. The highest BCUT2D eigenvalue weighted by Gasteiger charge is 2.71. The summed E-state index contributed by atoms with van der Waals surface area (Å²) in [4.78, 5) is 25.7. The van der Waals surface area contributed by atoms with Crippen molar-refractivity contribution in [3.63, 3.8) is 0 Å². The summed E-state index contributed by atoms with van der Waals surface area (Å²) in [6.07, 6.45) is -2.90. The maximum Gasteiger partial charge on any atom is 0.330 e. The molecule has 9 nitrogen and oxygen atoms in total. The first-order chi connectivity index (χ1) is 10.4. The van der Waals surface area contributed by atoms with Crippen molar-refractivity contribution < 1.29 is 24.4 Å². The summed E-state index contributed by atoms with van der Waals surface area (Å²) in [5.41, 5.74) is -2.21. The van der Waals surface area contributed by atoms with Gasteiger partial charge in [0.15, 0.2) is 11.8 Å². The number of aliphatic hydroxyl groups excluding tert-OH is 1. The Morgan fingerprint density at radius 1 is 1.32 bits per heavy atom. The molecule has 0 radical (unpaired) electrons. The van der Waals surface area contributed by atoms with Gasteiger partial charge in [-0.05, 0) is 6.92 Å². The van der Waals surface area contributed by atoms with E-state index >= 15 is 0 Å². The Morgan fingerprint density at radius 3 is 2.86 bits per heavy atom. The Morgan fingerprint density at radius 2 is 2.09 bits per heavy atom. The van der Waals surface area contributed by atoms with Crippen molar-refractivity contribution in [3.8, 4) is 0 Å². The summed E-state index contributed by atoms with van der Waals surface area (Å²) in [5.74, 6) is 0. The van der Waals surface area contributed by atoms with Crippen molar-refractivity contribution in [2.24, 2.45) is 0 Å². The lowest BCUT2D eigenvalue weighted by Crippen LogP contribution is -2.70. The molecule has 0 aliphatic carbocycles. The van der Waals surface area contributed by atoms with Crippen LogP contribution in [0.3, 0.4) is 0 Å². The number of aryl methyl sites for hydroxylation is 1. The van der Waals surface area contributed by atoms with Crippen molar-refractivity contribution in [1.29, 1.82) is 0 Å². The lowest BCUT2D eigenvalue weighted by atomic mass is 9.79. The van der Waals surface area contributed by atoms with Gasteiger partial charge in [-0.1, -0.05) is 0 Å². The number of aromatic nitrogens is 2. The average Bonchev–Trinajstić information content (AvgIpc) is 2.65. The van der Waals surface area contributed by atoms with Crippen molar-refractivity contribution >= 4 is 0 Å². The average molecular weight is 312 g/mol. The first-order valence-corrected chi connectivity index (χ1v) is 7.04. The van der Waals surface area contributed by atoms with Crippen molar-refractivity contribution in [1.82, 2.24) is 9.55 Å². The van der Waals surface area contributed by atoms with Crippen LogP contribution in [0.1, 0.15) is 11.8 Å². The van der Waals surface area contributed by atoms with Crippen molar-refractivity contribution in [2.75, 3.05) is 13.2 Å². The summed E-state index contributed by atoms with van der Waals surface area (Å²) in [5, 5.41) is 20.9. The Balaban J connectivity index is 1.76. The second-order valence-electron chi connectivity index (χ2n) is 5.96. The third-order valence-electron chi connectivity index (χ3n) is 4.61. The van der Waals surface area contributed by atoms with Gasteiger partial charge in [0.25, 0.3) is 5.56 Å². The van der Waals surface area contributed by atoms with Crippen LogP contribution in [0.2, 0.25) is 0 Å². The number of H-pyrrole nitrogens is 1. The first-order valence-electron chi connectivity index (χ1n) is 7.04. The van der Waals surface area contributed by atoms with E-state index in [1.807, 2.05) is 0 Å². The Bertz CT molecular complexity index is 728. The molecule has 6 atom stereocenters. The van der Waals surface area contributed by atoms with Crippen LogP contribution in [0.25, 0.3) is 0 Å². The first kappa shape index (κ1) is 14.1. The van der Waals surface area contributed by atoms with E-state index in [0.29, 0.717) is 5.56 Å². The highest BCUT2D eigenvalue weighted by atomic mass is 16.7. The van der Waals surface area contributed by atoms with Crippen molar-refractivity contribution in [2.45, 2.75) is 43.2 Å². The third-order valence-corrected chi connectivity index (χ3v) is 4.61. The van der Waals surface area contributed by atoms with Crippen LogP contribution in [0.4, 0.5) is 0 Å². The molecule has 0 unspecified atom stereocenters. The zero-order valence-corrected chi connectivity index (χ0v) is 11.8. The van der Waals surface area contributed by atoms with Crippen LogP contribution in [0, 0.1) is 6.92 Å². The molecule has 0 amide bonds. The fourth-order valence-corrected chi connectivity index (χ4v) is 3.42. The van der Waals surface area contributed by atoms with Gasteiger partial charge in [0, 0.05) is 11.8 Å². The van der Waals surface area contributed by atoms with E-state index in [1.54, 1.807) is 6.92 Å². The molecule has 3 aliphatic rings. The van der Waals surface area contributed by atoms with Gasteiger partial charge in [0.2, 0.25) is 0 Å². The molecule has 4 rings (SSSR count). The molecular weight excluding hydrogens is 296 g/mol. The zero-order valence-electron chi connectivity index (χ0n) is 11.8. The Hall–Kier alpha value is -1.52. The molecule has 3 fully saturated rings. The minimum absolute atomic E-state index is 0.0197. The molecule has 3 N–H and O–H groups in total. The quantitative estimate of drug-likeness (QED) is 0.529. The van der Waals surface area contributed by atoms with E-state index in [4.69, 9.17) is 14.2 Å². The molecular formula is C13H16N2O7. The van der Waals surface area contributed by atoms with Crippen LogP contribution in [0.5, 0.6) is 0 Å². The summed E-state index contributed by atoms with van der Waals surface area (Å²) in [6.45, 7) is 1.73. The Labute approximate surface area is 124 Å². The van der Waals surface area contributed by atoms with Crippen LogP contribution in [-0.2, 0) is 14.2 Å². The number of ether oxygens (including phenoxy) is 3. The Kier molecular flexibility index (Phi) is 2.88. The fourth-order valence-electron chi connectivity index (χ4n) is 3.42. The summed E-state index contributed by atoms with van der Waals surface area (Å²) in [7, 11) is 0. The largest absolute Gasteiger partial charge is 0.388 e. The number of hydrogen-bond acceptors (Lipinski definition) is 7. The fraction of sp³-hybridized carbons (Fsp3) is 0.692. The topological polar surface area (TPSA) is 123 Å². The van der Waals surface area contributed by atoms with Gasteiger partial charge in [-0.2, -0.15) is 0 Å². The molecule has 3 aliphatic heterocycles. The molecule has 0 spiro atoms. The smallest absolute Gasteiger partial charge is 0.330 e. The van der Waals surface area contributed by atoms with E-state index in [2.05, 4.69) is 4.98 Å². The molecule has 1 aromatic heterocycles. The third kappa shape index (κ3) is 1.65. The lowest BCUT2D eigenvalue weighted by Gasteiger charge is -2.48. The number of rotatable bonds is 1. The predicted molar refractivity (Wildman–Crippen MR) is 70.4 cm³/mol. The van der Waals surface area contributed by atoms with Crippen LogP contribution in [0.15, 0.2) is 15.8 Å². The van der Waals surface area contributed by atoms with Gasteiger partial charge < -0.3 is 24.4 Å². The number of nitrogens with one attached hydrogen (secondary N) is 1. The van der Waals surface area contributed by atoms with Crippen LogP contribution < -0.4 is 11.2 Å². The van der Waals surface area contributed by atoms with Gasteiger partial charge in [-0.15, -0.1) is 0 Å². The maximum absolute atomic E-state index is 12.0. The highest BCUT2D eigenvalue weighted by molar-refractivity contribution is 5.18. The van der Waals surface area contributed by atoms with Crippen LogP contribution in [-0.4, -0.2) is 63.0 Å². The second-order valence-corrected chi connectivity index (χ2v) is 5.96. The standard InChI is InChI=1S/C13H16N2O7/c1-5-2-15(12(18)14-10(5)17)11-9-13(19)7(21-9)4-20-3-6(16)8(13)22-11/h2,6-9,11,16,19H,3-4H2,1H3,(H,14,17,18)/t6-,7-,8-,9-,11-,13-/m1/s1.